The van der Waals surface area contributed by atoms with Crippen molar-refractivity contribution in [3.63, 3.8) is 0 Å². The monoisotopic (exact) mass is 774 g/mol. The Morgan fingerprint density at radius 1 is 0.891 bits per heavy atom. The molecule has 1 unspecified atom stereocenters. The van der Waals surface area contributed by atoms with Gasteiger partial charge in [0.2, 0.25) is 6.10 Å². The van der Waals surface area contributed by atoms with Crippen molar-refractivity contribution in [2.24, 2.45) is 23.7 Å². The quantitative estimate of drug-likeness (QED) is 0.0718. The Labute approximate surface area is 292 Å². The summed E-state index contributed by atoms with van der Waals surface area (Å²) in [5.41, 5.74) is 0.760. The molecule has 1 saturated carbocycles. The molecule has 12 heteroatoms. The zero-order valence-corrected chi connectivity index (χ0v) is 31.1. The summed E-state index contributed by atoms with van der Waals surface area (Å²) in [5, 5.41) is 0. The summed E-state index contributed by atoms with van der Waals surface area (Å²) in [7, 11) is -5.20. The standard InChI is InChI=1S/C15H19F3O5S.C10H22O2.C9H18.Ag/c1-10(2)3-4-11-5-7-12(8-6-11)14(19)23-13(15(16,17)18)9-24(20,21)22;1-4-11-8-9-12-7-5-6-10(2)3;1-8(2)9-6-4-3-5-7-9;/h5-8,10,13H,3-4,9H2,1-2H3,(H,20,21,22);10H,4-9H2,1-3H3;8-9H,3-7H2,1-2H3;/q;;;+1/p-1. The zero-order valence-electron chi connectivity index (χ0n) is 28.8. The van der Waals surface area contributed by atoms with Gasteiger partial charge in [0, 0.05) is 13.2 Å². The Bertz CT molecular complexity index is 995. The maximum absolute atomic E-state index is 12.7. The molecule has 0 spiro atoms. The van der Waals surface area contributed by atoms with E-state index in [9.17, 15) is 30.9 Å². The number of carbonyl (C=O) groups excluding carboxylic acids is 1. The molecule has 1 aromatic carbocycles. The van der Waals surface area contributed by atoms with Crippen molar-refractivity contribution in [2.75, 3.05) is 32.2 Å². The summed E-state index contributed by atoms with van der Waals surface area (Å²) < 4.78 is 84.3. The normalized spacial score (nSPS) is 14.6. The minimum atomic E-state index is -5.20. The summed E-state index contributed by atoms with van der Waals surface area (Å²) in [4.78, 5) is 11.7. The van der Waals surface area contributed by atoms with Crippen molar-refractivity contribution >= 4 is 16.1 Å². The van der Waals surface area contributed by atoms with Crippen LogP contribution in [0.15, 0.2) is 24.3 Å². The molecule has 0 saturated heterocycles. The number of hydrogen-bond donors (Lipinski definition) is 0. The van der Waals surface area contributed by atoms with Crippen molar-refractivity contribution in [1.29, 1.82) is 0 Å². The SMILES string of the molecule is CC(C)C1CCCCC1.CC(C)CCc1ccc(C(=O)OC(CS(=O)(=O)[O-])C(F)(F)F)cc1.CCOCCOCCCC(C)C.[Ag+]. The van der Waals surface area contributed by atoms with Crippen LogP contribution in [0.3, 0.4) is 0 Å². The number of aryl methyl sites for hydroxylation is 1. The van der Waals surface area contributed by atoms with Gasteiger partial charge >= 0.3 is 34.5 Å². The van der Waals surface area contributed by atoms with Crippen LogP contribution >= 0.6 is 0 Å². The molecule has 2 rings (SSSR count). The van der Waals surface area contributed by atoms with Crippen LogP contribution in [-0.2, 0) is 53.1 Å². The molecule has 46 heavy (non-hydrogen) atoms. The summed E-state index contributed by atoms with van der Waals surface area (Å²) in [6.45, 7) is 18.4. The van der Waals surface area contributed by atoms with E-state index in [1.54, 1.807) is 12.1 Å². The van der Waals surface area contributed by atoms with Gasteiger partial charge in [-0.15, -0.1) is 0 Å². The fourth-order valence-electron chi connectivity index (χ4n) is 4.60. The number of carbonyl (C=O) groups is 1. The molecule has 1 fully saturated rings. The van der Waals surface area contributed by atoms with Crippen LogP contribution in [0.25, 0.3) is 0 Å². The summed E-state index contributed by atoms with van der Waals surface area (Å²) in [6, 6.07) is 5.78. The fourth-order valence-corrected chi connectivity index (χ4v) is 5.23. The number of hydrogen-bond acceptors (Lipinski definition) is 7. The number of halogens is 3. The second-order valence-corrected chi connectivity index (χ2v) is 14.2. The fraction of sp³-hybridized carbons (Fsp3) is 0.794. The van der Waals surface area contributed by atoms with E-state index in [0.717, 1.165) is 62.6 Å². The van der Waals surface area contributed by atoms with Crippen molar-refractivity contribution in [2.45, 2.75) is 119 Å². The number of rotatable bonds is 16. The van der Waals surface area contributed by atoms with Gasteiger partial charge in [-0.1, -0.05) is 85.8 Å². The molecule has 0 radical (unpaired) electrons. The van der Waals surface area contributed by atoms with E-state index in [-0.39, 0.29) is 27.9 Å². The van der Waals surface area contributed by atoms with Crippen molar-refractivity contribution in [3.8, 4) is 0 Å². The van der Waals surface area contributed by atoms with Gasteiger partial charge in [-0.05, 0) is 74.0 Å². The number of benzene rings is 1. The van der Waals surface area contributed by atoms with E-state index < -0.39 is 34.1 Å². The number of ether oxygens (including phenoxy) is 3. The van der Waals surface area contributed by atoms with Gasteiger partial charge in [-0.3, -0.25) is 0 Å². The molecular weight excluding hydrogens is 717 g/mol. The van der Waals surface area contributed by atoms with Gasteiger partial charge < -0.3 is 18.8 Å². The van der Waals surface area contributed by atoms with Crippen LogP contribution < -0.4 is 0 Å². The van der Waals surface area contributed by atoms with Crippen molar-refractivity contribution in [3.05, 3.63) is 35.4 Å². The molecule has 0 aromatic heterocycles. The molecule has 7 nitrogen and oxygen atoms in total. The topological polar surface area (TPSA) is 102 Å². The Kier molecular flexibility index (Phi) is 26.6. The van der Waals surface area contributed by atoms with Crippen molar-refractivity contribution < 1.29 is 67.5 Å². The third kappa shape index (κ3) is 26.1. The third-order valence-electron chi connectivity index (χ3n) is 7.41. The summed E-state index contributed by atoms with van der Waals surface area (Å²) in [5.74, 6) is 0.0755. The predicted octanol–water partition coefficient (Wildman–Crippen LogP) is 8.60. The molecule has 1 aliphatic rings. The smallest absolute Gasteiger partial charge is 0.748 e. The average molecular weight is 776 g/mol. The van der Waals surface area contributed by atoms with E-state index in [1.165, 1.54) is 57.1 Å². The largest absolute Gasteiger partial charge is 1.00 e. The molecule has 0 heterocycles. The maximum atomic E-state index is 12.7. The minimum Gasteiger partial charge on any atom is -0.748 e. The maximum Gasteiger partial charge on any atom is 1.00 e. The first-order valence-corrected chi connectivity index (χ1v) is 18.0. The molecule has 274 valence electrons. The first kappa shape index (κ1) is 47.2. The van der Waals surface area contributed by atoms with E-state index in [1.807, 2.05) is 20.8 Å². The van der Waals surface area contributed by atoms with E-state index in [2.05, 4.69) is 32.4 Å². The predicted molar refractivity (Wildman–Crippen MR) is 172 cm³/mol. The second kappa shape index (κ2) is 26.0. The van der Waals surface area contributed by atoms with Crippen LogP contribution in [-0.4, -0.2) is 63.4 Å². The van der Waals surface area contributed by atoms with Crippen LogP contribution in [0.1, 0.15) is 116 Å². The van der Waals surface area contributed by atoms with Gasteiger partial charge in [-0.2, -0.15) is 13.2 Å². The van der Waals surface area contributed by atoms with Gasteiger partial charge in [0.25, 0.3) is 0 Å². The molecule has 0 N–H and O–H groups in total. The molecule has 0 bridgehead atoms. The Morgan fingerprint density at radius 3 is 1.87 bits per heavy atom. The molecule has 0 aliphatic heterocycles. The van der Waals surface area contributed by atoms with Gasteiger partial charge in [-0.25, -0.2) is 13.2 Å². The van der Waals surface area contributed by atoms with E-state index >= 15 is 0 Å². The molecular formula is C34H58AgF3O7S. The van der Waals surface area contributed by atoms with Crippen LogP contribution in [0.5, 0.6) is 0 Å². The van der Waals surface area contributed by atoms with E-state index in [4.69, 9.17) is 9.47 Å². The zero-order chi connectivity index (χ0) is 34.5. The molecule has 1 aromatic rings. The molecule has 1 atom stereocenters. The van der Waals surface area contributed by atoms with Crippen LogP contribution in [0.2, 0.25) is 0 Å². The van der Waals surface area contributed by atoms with Crippen LogP contribution in [0, 0.1) is 23.7 Å². The second-order valence-electron chi connectivity index (χ2n) is 12.8. The Balaban J connectivity index is 0. The Morgan fingerprint density at radius 2 is 1.43 bits per heavy atom. The molecule has 0 amide bonds. The van der Waals surface area contributed by atoms with Crippen LogP contribution in [0.4, 0.5) is 13.2 Å². The average Bonchev–Trinajstić information content (AvgIpc) is 2.95. The van der Waals surface area contributed by atoms with Gasteiger partial charge in [0.1, 0.15) is 0 Å². The van der Waals surface area contributed by atoms with Gasteiger partial charge in [0.05, 0.1) is 34.6 Å². The summed E-state index contributed by atoms with van der Waals surface area (Å²) in [6.07, 6.45) is 3.43. The first-order valence-electron chi connectivity index (χ1n) is 16.4. The summed E-state index contributed by atoms with van der Waals surface area (Å²) >= 11 is 0. The Hall–Kier alpha value is -0.950. The first-order chi connectivity index (χ1) is 21.0. The minimum absolute atomic E-state index is 0. The van der Waals surface area contributed by atoms with E-state index in [0.29, 0.717) is 5.92 Å². The number of alkyl halides is 3. The van der Waals surface area contributed by atoms with Crippen molar-refractivity contribution in [1.82, 2.24) is 0 Å². The number of esters is 1. The van der Waals surface area contributed by atoms with Gasteiger partial charge in [0.15, 0.2) is 0 Å². The molecule has 1 aliphatic carbocycles. The third-order valence-corrected chi connectivity index (χ3v) is 8.12.